The van der Waals surface area contributed by atoms with E-state index in [9.17, 15) is 0 Å². The van der Waals surface area contributed by atoms with Crippen LogP contribution in [0.15, 0.2) is 36.4 Å². The highest BCUT2D eigenvalue weighted by molar-refractivity contribution is 5.84. The highest BCUT2D eigenvalue weighted by Gasteiger charge is 2.23. The number of ether oxygens (including phenoxy) is 3. The summed E-state index contributed by atoms with van der Waals surface area (Å²) in [4.78, 5) is 0. The van der Waals surface area contributed by atoms with Crippen LogP contribution in [0.25, 0.3) is 10.8 Å². The van der Waals surface area contributed by atoms with E-state index < -0.39 is 0 Å². The molecule has 0 saturated carbocycles. The lowest BCUT2D eigenvalue weighted by molar-refractivity contribution is -0.0975. The quantitative estimate of drug-likeness (QED) is 0.932. The van der Waals surface area contributed by atoms with Crippen LogP contribution in [-0.4, -0.2) is 33.0 Å². The Labute approximate surface area is 118 Å². The molecule has 106 valence electrons. The topological polar surface area (TPSA) is 53.7 Å². The van der Waals surface area contributed by atoms with Gasteiger partial charge in [-0.2, -0.15) is 0 Å². The maximum absolute atomic E-state index is 6.29. The van der Waals surface area contributed by atoms with Crippen LogP contribution in [0.5, 0.6) is 5.75 Å². The summed E-state index contributed by atoms with van der Waals surface area (Å²) in [7, 11) is 1.67. The molecule has 2 aromatic carbocycles. The molecular formula is C16H19NO3. The Kier molecular flexibility index (Phi) is 3.87. The Morgan fingerprint density at radius 2 is 1.95 bits per heavy atom. The molecule has 1 aliphatic heterocycles. The van der Waals surface area contributed by atoms with Crippen LogP contribution in [-0.2, 0) is 9.47 Å². The lowest BCUT2D eigenvalue weighted by Crippen LogP contribution is -2.37. The first kappa shape index (κ1) is 13.4. The standard InChI is InChI=1S/C16H19NO3/c1-18-14-5-4-11-8-13(3-2-12(11)9-14)16(17)15-10-19-6-7-20-15/h2-5,8-9,15-16H,6-7,10,17H2,1H3. The molecule has 20 heavy (non-hydrogen) atoms. The first-order chi connectivity index (χ1) is 9.78. The zero-order valence-corrected chi connectivity index (χ0v) is 11.5. The Balaban J connectivity index is 1.88. The second kappa shape index (κ2) is 5.79. The highest BCUT2D eigenvalue weighted by atomic mass is 16.6. The fraction of sp³-hybridized carbons (Fsp3) is 0.375. The number of rotatable bonds is 3. The van der Waals surface area contributed by atoms with Gasteiger partial charge in [0.2, 0.25) is 0 Å². The molecule has 3 rings (SSSR count). The monoisotopic (exact) mass is 273 g/mol. The van der Waals surface area contributed by atoms with Crippen molar-refractivity contribution in [3.8, 4) is 5.75 Å². The minimum atomic E-state index is -0.165. The normalized spacial score (nSPS) is 20.8. The average molecular weight is 273 g/mol. The van der Waals surface area contributed by atoms with Crippen molar-refractivity contribution >= 4 is 10.8 Å². The molecule has 0 radical (unpaired) electrons. The van der Waals surface area contributed by atoms with Crippen LogP contribution >= 0.6 is 0 Å². The summed E-state index contributed by atoms with van der Waals surface area (Å²) in [5, 5.41) is 2.29. The lowest BCUT2D eigenvalue weighted by atomic mass is 9.98. The maximum Gasteiger partial charge on any atom is 0.119 e. The van der Waals surface area contributed by atoms with E-state index in [0.29, 0.717) is 19.8 Å². The Morgan fingerprint density at radius 3 is 2.70 bits per heavy atom. The van der Waals surface area contributed by atoms with E-state index in [0.717, 1.165) is 22.1 Å². The third-order valence-electron chi connectivity index (χ3n) is 3.70. The molecule has 1 fully saturated rings. The van der Waals surface area contributed by atoms with E-state index in [1.165, 1.54) is 0 Å². The molecule has 1 saturated heterocycles. The van der Waals surface area contributed by atoms with Crippen molar-refractivity contribution in [3.63, 3.8) is 0 Å². The van der Waals surface area contributed by atoms with Crippen LogP contribution in [0, 0.1) is 0 Å². The van der Waals surface area contributed by atoms with Gasteiger partial charge in [-0.05, 0) is 34.5 Å². The predicted molar refractivity (Wildman–Crippen MR) is 78.0 cm³/mol. The molecule has 2 unspecified atom stereocenters. The Morgan fingerprint density at radius 1 is 1.15 bits per heavy atom. The van der Waals surface area contributed by atoms with Crippen molar-refractivity contribution < 1.29 is 14.2 Å². The number of nitrogens with two attached hydrogens (primary N) is 1. The summed E-state index contributed by atoms with van der Waals surface area (Å²) in [6, 6.07) is 12.1. The first-order valence-corrected chi connectivity index (χ1v) is 6.80. The van der Waals surface area contributed by atoms with Crippen molar-refractivity contribution in [2.45, 2.75) is 12.1 Å². The van der Waals surface area contributed by atoms with E-state index in [4.69, 9.17) is 19.9 Å². The zero-order chi connectivity index (χ0) is 13.9. The predicted octanol–water partition coefficient (Wildman–Crippen LogP) is 2.26. The molecular weight excluding hydrogens is 254 g/mol. The van der Waals surface area contributed by atoms with E-state index in [2.05, 4.69) is 12.1 Å². The van der Waals surface area contributed by atoms with Gasteiger partial charge >= 0.3 is 0 Å². The molecule has 4 nitrogen and oxygen atoms in total. The highest BCUT2D eigenvalue weighted by Crippen LogP contribution is 2.26. The molecule has 4 heteroatoms. The number of fused-ring (bicyclic) bond motifs is 1. The van der Waals surface area contributed by atoms with Gasteiger partial charge in [-0.3, -0.25) is 0 Å². The SMILES string of the molecule is COc1ccc2cc(C(N)C3COCCO3)ccc2c1. The van der Waals surface area contributed by atoms with Gasteiger partial charge in [0.15, 0.2) is 0 Å². The summed E-state index contributed by atoms with van der Waals surface area (Å²) in [5.41, 5.74) is 7.35. The summed E-state index contributed by atoms with van der Waals surface area (Å²) in [6.45, 7) is 1.83. The lowest BCUT2D eigenvalue weighted by Gasteiger charge is -2.28. The van der Waals surface area contributed by atoms with Crippen LogP contribution < -0.4 is 10.5 Å². The second-order valence-electron chi connectivity index (χ2n) is 4.98. The number of benzene rings is 2. The van der Waals surface area contributed by atoms with Gasteiger partial charge in [-0.15, -0.1) is 0 Å². The minimum Gasteiger partial charge on any atom is -0.497 e. The van der Waals surface area contributed by atoms with E-state index >= 15 is 0 Å². The smallest absolute Gasteiger partial charge is 0.119 e. The van der Waals surface area contributed by atoms with Gasteiger partial charge in [0.25, 0.3) is 0 Å². The second-order valence-corrected chi connectivity index (χ2v) is 4.98. The Bertz CT molecular complexity index is 593. The summed E-state index contributed by atoms with van der Waals surface area (Å²) < 4.78 is 16.3. The third kappa shape index (κ3) is 2.63. The zero-order valence-electron chi connectivity index (χ0n) is 11.5. The number of methoxy groups -OCH3 is 1. The van der Waals surface area contributed by atoms with Crippen LogP contribution in [0.2, 0.25) is 0 Å². The summed E-state index contributed by atoms with van der Waals surface area (Å²) in [6.07, 6.45) is -0.0700. The van der Waals surface area contributed by atoms with Crippen molar-refractivity contribution in [1.82, 2.24) is 0 Å². The summed E-state index contributed by atoms with van der Waals surface area (Å²) >= 11 is 0. The van der Waals surface area contributed by atoms with Crippen molar-refractivity contribution in [2.24, 2.45) is 5.73 Å². The molecule has 2 N–H and O–H groups in total. The molecule has 0 amide bonds. The van der Waals surface area contributed by atoms with Crippen molar-refractivity contribution in [1.29, 1.82) is 0 Å². The molecule has 2 atom stereocenters. The average Bonchev–Trinajstić information content (AvgIpc) is 2.54. The molecule has 1 heterocycles. The van der Waals surface area contributed by atoms with E-state index in [1.54, 1.807) is 7.11 Å². The van der Waals surface area contributed by atoms with Crippen molar-refractivity contribution in [3.05, 3.63) is 42.0 Å². The maximum atomic E-state index is 6.29. The summed E-state index contributed by atoms with van der Waals surface area (Å²) in [5.74, 6) is 0.860. The van der Waals surface area contributed by atoms with Crippen molar-refractivity contribution in [2.75, 3.05) is 26.9 Å². The van der Waals surface area contributed by atoms with E-state index in [-0.39, 0.29) is 12.1 Å². The number of hydrogen-bond acceptors (Lipinski definition) is 4. The number of hydrogen-bond donors (Lipinski definition) is 1. The van der Waals surface area contributed by atoms with Crippen LogP contribution in [0.4, 0.5) is 0 Å². The van der Waals surface area contributed by atoms with Gasteiger partial charge in [0, 0.05) is 0 Å². The first-order valence-electron chi connectivity index (χ1n) is 6.80. The largest absolute Gasteiger partial charge is 0.497 e. The third-order valence-corrected chi connectivity index (χ3v) is 3.70. The molecule has 0 spiro atoms. The molecule has 1 aliphatic rings. The molecule has 0 bridgehead atoms. The minimum absolute atomic E-state index is 0.0700. The van der Waals surface area contributed by atoms with Gasteiger partial charge in [0.05, 0.1) is 33.0 Å². The fourth-order valence-corrected chi connectivity index (χ4v) is 2.50. The van der Waals surface area contributed by atoms with Crippen LogP contribution in [0.3, 0.4) is 0 Å². The molecule has 0 aromatic heterocycles. The van der Waals surface area contributed by atoms with Gasteiger partial charge < -0.3 is 19.9 Å². The molecule has 0 aliphatic carbocycles. The van der Waals surface area contributed by atoms with Gasteiger partial charge in [-0.25, -0.2) is 0 Å². The fourth-order valence-electron chi connectivity index (χ4n) is 2.50. The van der Waals surface area contributed by atoms with Gasteiger partial charge in [-0.1, -0.05) is 18.2 Å². The van der Waals surface area contributed by atoms with E-state index in [1.807, 2.05) is 24.3 Å². The molecule has 2 aromatic rings. The Hall–Kier alpha value is -1.62. The van der Waals surface area contributed by atoms with Crippen LogP contribution in [0.1, 0.15) is 11.6 Å². The van der Waals surface area contributed by atoms with Gasteiger partial charge in [0.1, 0.15) is 11.9 Å².